The summed E-state index contributed by atoms with van der Waals surface area (Å²) in [5.41, 5.74) is 1.04. The average Bonchev–Trinajstić information content (AvgIpc) is 3.45. The molecule has 4 aromatic rings. The summed E-state index contributed by atoms with van der Waals surface area (Å²) in [6.07, 6.45) is 2.45. The Balaban J connectivity index is 1.90. The van der Waals surface area contributed by atoms with Gasteiger partial charge in [0.25, 0.3) is 17.4 Å². The topological polar surface area (TPSA) is 154 Å². The molecule has 11 nitrogen and oxygen atoms in total. The predicted molar refractivity (Wildman–Crippen MR) is 141 cm³/mol. The number of rotatable bonds is 7. The number of aromatic hydroxyl groups is 1. The number of hydrogen-bond acceptors (Lipinski definition) is 8. The molecule has 11 heteroatoms. The number of nitrogens with zero attached hydrogens (tertiary/aromatic N) is 5. The van der Waals surface area contributed by atoms with Crippen LogP contribution in [0.5, 0.6) is 5.75 Å². The molecule has 0 radical (unpaired) electrons. The quantitative estimate of drug-likeness (QED) is 0.372. The molecular formula is C28H26N6O5. The minimum atomic E-state index is -0.825. The first-order valence-electron chi connectivity index (χ1n) is 11.9. The van der Waals surface area contributed by atoms with Crippen LogP contribution < -0.4 is 10.9 Å². The Morgan fingerprint density at radius 3 is 2.51 bits per heavy atom. The number of nitrogens with one attached hydrogen (secondary N) is 1. The Labute approximate surface area is 223 Å². The fraction of sp³-hybridized carbons (Fsp3) is 0.214. The summed E-state index contributed by atoms with van der Waals surface area (Å²) in [6.45, 7) is 1.81. The zero-order valence-electron chi connectivity index (χ0n) is 21.7. The first-order chi connectivity index (χ1) is 18.6. The van der Waals surface area contributed by atoms with Crippen molar-refractivity contribution in [3.05, 3.63) is 105 Å². The highest BCUT2D eigenvalue weighted by Crippen LogP contribution is 2.39. The van der Waals surface area contributed by atoms with Gasteiger partial charge in [-0.05, 0) is 29.3 Å². The van der Waals surface area contributed by atoms with Gasteiger partial charge in [-0.3, -0.25) is 19.0 Å². The number of anilines is 1. The van der Waals surface area contributed by atoms with Gasteiger partial charge in [0.15, 0.2) is 5.69 Å². The molecule has 0 saturated carbocycles. The van der Waals surface area contributed by atoms with Crippen LogP contribution in [0.2, 0.25) is 0 Å². The molecule has 39 heavy (non-hydrogen) atoms. The van der Waals surface area contributed by atoms with E-state index >= 15 is 0 Å². The van der Waals surface area contributed by atoms with E-state index in [0.29, 0.717) is 16.7 Å². The fourth-order valence-electron chi connectivity index (χ4n) is 4.49. The Kier molecular flexibility index (Phi) is 7.58. The van der Waals surface area contributed by atoms with Crippen LogP contribution in [-0.2, 0) is 7.05 Å². The number of hydrogen-bond donors (Lipinski definition) is 2. The Hall–Kier alpha value is -5.24. The van der Waals surface area contributed by atoms with Crippen LogP contribution in [-0.4, -0.2) is 50.6 Å². The second kappa shape index (κ2) is 11.0. The Morgan fingerprint density at radius 1 is 1.18 bits per heavy atom. The maximum absolute atomic E-state index is 13.0. The number of carbonyl (C=O) groups is 2. The van der Waals surface area contributed by atoms with E-state index in [4.69, 9.17) is 4.52 Å². The minimum Gasteiger partial charge on any atom is -0.501 e. The van der Waals surface area contributed by atoms with Crippen molar-refractivity contribution < 1.29 is 19.2 Å². The number of aromatic nitrogens is 3. The average molecular weight is 527 g/mol. The molecule has 0 unspecified atom stereocenters. The molecule has 0 fully saturated rings. The summed E-state index contributed by atoms with van der Waals surface area (Å²) < 4.78 is 5.89. The number of carbonyl (C=O) groups excluding carboxylic acids is 2. The van der Waals surface area contributed by atoms with Gasteiger partial charge >= 0.3 is 0 Å². The van der Waals surface area contributed by atoms with Gasteiger partial charge in [-0.25, -0.2) is 4.98 Å². The summed E-state index contributed by atoms with van der Waals surface area (Å²) in [7, 11) is 4.72. The number of benzene rings is 2. The third kappa shape index (κ3) is 5.26. The van der Waals surface area contributed by atoms with Crippen LogP contribution in [0, 0.1) is 11.3 Å². The third-order valence-corrected chi connectivity index (χ3v) is 6.43. The fourth-order valence-corrected chi connectivity index (χ4v) is 4.49. The van der Waals surface area contributed by atoms with E-state index in [9.17, 15) is 24.8 Å². The van der Waals surface area contributed by atoms with Gasteiger partial charge in [0.1, 0.15) is 17.8 Å². The highest BCUT2D eigenvalue weighted by atomic mass is 16.5. The van der Waals surface area contributed by atoms with Gasteiger partial charge in [-0.15, -0.1) is 0 Å². The predicted octanol–water partition coefficient (Wildman–Crippen LogP) is 3.24. The molecule has 0 saturated heterocycles. The number of nitriles is 1. The second-order valence-corrected chi connectivity index (χ2v) is 9.19. The van der Waals surface area contributed by atoms with E-state index in [1.165, 1.54) is 29.0 Å². The SMILES string of the molecule is C[C@@H](c1nc(C(=O)Nc2cnoc2)c(O)c(=O)n1C)[C@H](c1ccccc1)c1cc(C(=O)N(C)C)ccc1C#N. The molecule has 2 amide bonds. The molecule has 2 aromatic carbocycles. The van der Waals surface area contributed by atoms with Crippen LogP contribution >= 0.6 is 0 Å². The van der Waals surface area contributed by atoms with Crippen LogP contribution in [0.25, 0.3) is 0 Å². The molecule has 2 heterocycles. The lowest BCUT2D eigenvalue weighted by Gasteiger charge is -2.27. The molecule has 2 N–H and O–H groups in total. The van der Waals surface area contributed by atoms with E-state index < -0.39 is 34.7 Å². The first kappa shape index (κ1) is 26.8. The molecule has 4 rings (SSSR count). The standard InChI is InChI=1S/C28H26N6O5/c1-16(25-32-23(24(35)28(38)34(25)4)26(36)31-20-14-30-39-15-20)22(17-8-6-5-7-9-17)21-12-18(27(37)33(2)3)10-11-19(21)13-29/h5-12,14-16,22,35H,1-4H3,(H,31,36)/t16-,22-/m1/s1. The van der Waals surface area contributed by atoms with E-state index in [0.717, 1.165) is 5.56 Å². The molecule has 0 aliphatic heterocycles. The van der Waals surface area contributed by atoms with E-state index in [1.54, 1.807) is 39.2 Å². The van der Waals surface area contributed by atoms with Crippen molar-refractivity contribution in [1.29, 1.82) is 5.26 Å². The molecule has 198 valence electrons. The molecule has 0 bridgehead atoms. The highest BCUT2D eigenvalue weighted by molar-refractivity contribution is 6.04. The summed E-state index contributed by atoms with van der Waals surface area (Å²) in [5.74, 6) is -2.82. The van der Waals surface area contributed by atoms with Crippen molar-refractivity contribution in [1.82, 2.24) is 19.6 Å². The van der Waals surface area contributed by atoms with Gasteiger partial charge in [-0.1, -0.05) is 42.4 Å². The largest absolute Gasteiger partial charge is 0.501 e. The maximum Gasteiger partial charge on any atom is 0.296 e. The van der Waals surface area contributed by atoms with E-state index in [-0.39, 0.29) is 17.4 Å². The summed E-state index contributed by atoms with van der Waals surface area (Å²) in [4.78, 5) is 44.6. The van der Waals surface area contributed by atoms with Crippen molar-refractivity contribution in [2.45, 2.75) is 18.8 Å². The third-order valence-electron chi connectivity index (χ3n) is 6.43. The lowest BCUT2D eigenvalue weighted by molar-refractivity contribution is 0.0827. The van der Waals surface area contributed by atoms with E-state index in [2.05, 4.69) is 21.5 Å². The zero-order valence-corrected chi connectivity index (χ0v) is 21.7. The second-order valence-electron chi connectivity index (χ2n) is 9.19. The van der Waals surface area contributed by atoms with Crippen LogP contribution in [0.1, 0.15) is 62.1 Å². The summed E-state index contributed by atoms with van der Waals surface area (Å²) >= 11 is 0. The lowest BCUT2D eigenvalue weighted by atomic mass is 9.78. The lowest BCUT2D eigenvalue weighted by Crippen LogP contribution is -2.29. The maximum atomic E-state index is 13.0. The highest BCUT2D eigenvalue weighted by Gasteiger charge is 2.31. The van der Waals surface area contributed by atoms with Crippen molar-refractivity contribution >= 4 is 17.5 Å². The van der Waals surface area contributed by atoms with Gasteiger partial charge in [0.05, 0.1) is 17.8 Å². The van der Waals surface area contributed by atoms with E-state index in [1.807, 2.05) is 30.3 Å². The normalized spacial score (nSPS) is 12.3. The van der Waals surface area contributed by atoms with Gasteiger partial charge < -0.3 is 19.8 Å². The van der Waals surface area contributed by atoms with Crippen molar-refractivity contribution in [2.24, 2.45) is 7.05 Å². The Bertz CT molecular complexity index is 1620. The first-order valence-corrected chi connectivity index (χ1v) is 11.9. The van der Waals surface area contributed by atoms with Crippen molar-refractivity contribution in [3.8, 4) is 11.8 Å². The summed E-state index contributed by atoms with van der Waals surface area (Å²) in [5, 5.41) is 26.5. The minimum absolute atomic E-state index is 0.190. The van der Waals surface area contributed by atoms with Gasteiger partial charge in [-0.2, -0.15) is 5.26 Å². The van der Waals surface area contributed by atoms with Gasteiger partial charge in [0.2, 0.25) is 5.75 Å². The zero-order chi connectivity index (χ0) is 28.3. The van der Waals surface area contributed by atoms with Crippen molar-refractivity contribution in [2.75, 3.05) is 19.4 Å². The van der Waals surface area contributed by atoms with Gasteiger partial charge in [0, 0.05) is 38.5 Å². The summed E-state index contributed by atoms with van der Waals surface area (Å²) in [6, 6.07) is 16.4. The molecule has 2 atom stereocenters. The molecular weight excluding hydrogens is 500 g/mol. The molecule has 0 spiro atoms. The van der Waals surface area contributed by atoms with Crippen LogP contribution in [0.4, 0.5) is 5.69 Å². The molecule has 0 aliphatic rings. The molecule has 2 aromatic heterocycles. The Morgan fingerprint density at radius 2 is 1.90 bits per heavy atom. The van der Waals surface area contributed by atoms with Crippen LogP contribution in [0.15, 0.2) is 70.3 Å². The van der Waals surface area contributed by atoms with Crippen molar-refractivity contribution in [3.63, 3.8) is 0 Å². The smallest absolute Gasteiger partial charge is 0.296 e. The van der Waals surface area contributed by atoms with Crippen LogP contribution in [0.3, 0.4) is 0 Å². The molecule has 0 aliphatic carbocycles. The monoisotopic (exact) mass is 526 g/mol. The number of amides is 2.